The van der Waals surface area contributed by atoms with E-state index in [9.17, 15) is 14.4 Å². The molecule has 0 bridgehead atoms. The van der Waals surface area contributed by atoms with E-state index in [1.165, 1.54) is 0 Å². The summed E-state index contributed by atoms with van der Waals surface area (Å²) in [5.74, 6) is 2.18. The molecule has 1 heterocycles. The maximum absolute atomic E-state index is 12.6. The molecule has 1 aliphatic carbocycles. The highest BCUT2D eigenvalue weighted by Gasteiger charge is 2.27. The van der Waals surface area contributed by atoms with Crippen LogP contribution in [0.25, 0.3) is 0 Å². The van der Waals surface area contributed by atoms with Gasteiger partial charge < -0.3 is 39.8 Å². The number of anilines is 4. The van der Waals surface area contributed by atoms with Crippen molar-refractivity contribution in [1.82, 2.24) is 14.9 Å². The molecule has 0 spiro atoms. The van der Waals surface area contributed by atoms with Gasteiger partial charge in [0, 0.05) is 67.2 Å². The van der Waals surface area contributed by atoms with Crippen LogP contribution in [0.4, 0.5) is 23.1 Å². The van der Waals surface area contributed by atoms with Crippen molar-refractivity contribution >= 4 is 57.0 Å². The molecule has 1 aromatic heterocycles. The second kappa shape index (κ2) is 22.8. The van der Waals surface area contributed by atoms with Gasteiger partial charge in [-0.25, -0.2) is 4.98 Å². The summed E-state index contributed by atoms with van der Waals surface area (Å²) in [6.45, 7) is 8.70. The molecule has 1 aliphatic rings. The van der Waals surface area contributed by atoms with Gasteiger partial charge in [0.1, 0.15) is 18.2 Å². The van der Waals surface area contributed by atoms with E-state index in [-0.39, 0.29) is 23.5 Å². The van der Waals surface area contributed by atoms with Gasteiger partial charge in [-0.3, -0.25) is 14.4 Å². The minimum atomic E-state index is -0.136. The van der Waals surface area contributed by atoms with Crippen LogP contribution in [0.15, 0.2) is 53.1 Å². The van der Waals surface area contributed by atoms with Crippen LogP contribution in [0.2, 0.25) is 0 Å². The molecule has 0 aliphatic heterocycles. The summed E-state index contributed by atoms with van der Waals surface area (Å²) in [5, 5.41) is 9.74. The van der Waals surface area contributed by atoms with Crippen molar-refractivity contribution in [2.24, 2.45) is 11.8 Å². The summed E-state index contributed by atoms with van der Waals surface area (Å²) in [5.41, 5.74) is 2.29. The molecule has 4 rings (SSSR count). The Kier molecular flexibility index (Phi) is 17.9. The number of carbonyl (C=O) groups excluding carboxylic acids is 3. The quantitative estimate of drug-likeness (QED) is 0.0455. The van der Waals surface area contributed by atoms with Crippen molar-refractivity contribution in [3.8, 4) is 5.75 Å². The number of nitrogens with one attached hydrogen (secondary N) is 3. The second-order valence-corrected chi connectivity index (χ2v) is 13.7. The number of nitrogens with zero attached hydrogens (tertiary/aromatic N) is 3. The number of rotatable bonds is 26. The summed E-state index contributed by atoms with van der Waals surface area (Å²) in [6, 6.07) is 12.8. The van der Waals surface area contributed by atoms with Crippen molar-refractivity contribution in [3.05, 3.63) is 64.3 Å². The maximum atomic E-state index is 12.6. The first-order valence-electron chi connectivity index (χ1n) is 18.4. The first-order chi connectivity index (χ1) is 25.8. The molecule has 0 radical (unpaired) electrons. The van der Waals surface area contributed by atoms with Crippen LogP contribution >= 0.6 is 15.9 Å². The lowest BCUT2D eigenvalue weighted by molar-refractivity contribution is -0.136. The minimum absolute atomic E-state index is 0.0232. The molecule has 2 aromatic carbocycles. The van der Waals surface area contributed by atoms with E-state index in [2.05, 4.69) is 41.8 Å². The Bertz CT molecular complexity index is 1590. The van der Waals surface area contributed by atoms with Crippen LogP contribution in [0.1, 0.15) is 66.7 Å². The van der Waals surface area contributed by atoms with Gasteiger partial charge in [0.25, 0.3) is 0 Å². The number of halogens is 1. The molecular weight excluding hydrogens is 744 g/mol. The zero-order chi connectivity index (χ0) is 37.8. The summed E-state index contributed by atoms with van der Waals surface area (Å²) >= 11 is 3.51. The van der Waals surface area contributed by atoms with Gasteiger partial charge >= 0.3 is 0 Å². The van der Waals surface area contributed by atoms with Crippen LogP contribution in [-0.2, 0) is 19.0 Å². The molecule has 1 fully saturated rings. The minimum Gasteiger partial charge on any atom is -0.491 e. The molecule has 288 valence electrons. The fourth-order valence-corrected chi connectivity index (χ4v) is 5.78. The maximum Gasteiger partial charge on any atom is 0.229 e. The smallest absolute Gasteiger partial charge is 0.229 e. The van der Waals surface area contributed by atoms with E-state index < -0.39 is 0 Å². The summed E-state index contributed by atoms with van der Waals surface area (Å²) in [4.78, 5) is 47.5. The molecule has 1 saturated carbocycles. The van der Waals surface area contributed by atoms with E-state index in [4.69, 9.17) is 18.9 Å². The number of carbonyl (C=O) groups is 3. The van der Waals surface area contributed by atoms with Gasteiger partial charge in [-0.15, -0.1) is 0 Å². The van der Waals surface area contributed by atoms with E-state index >= 15 is 0 Å². The number of benzene rings is 2. The van der Waals surface area contributed by atoms with Gasteiger partial charge in [0.2, 0.25) is 11.9 Å². The molecule has 14 heteroatoms. The molecule has 1 atom stereocenters. The average Bonchev–Trinajstić information content (AvgIpc) is 3.15. The third kappa shape index (κ3) is 13.7. The number of ketones is 1. The van der Waals surface area contributed by atoms with Gasteiger partial charge in [-0.1, -0.05) is 32.4 Å². The molecular formula is C39H53BrN6O7. The second-order valence-electron chi connectivity index (χ2n) is 12.9. The number of ether oxygens (including phenoxy) is 4. The number of hydrogen-bond acceptors (Lipinski definition) is 12. The lowest BCUT2D eigenvalue weighted by atomic mass is 9.84. The molecule has 0 saturated heterocycles. The molecule has 53 heavy (non-hydrogen) atoms. The van der Waals surface area contributed by atoms with Crippen LogP contribution in [0, 0.1) is 11.8 Å². The number of amides is 1. The average molecular weight is 798 g/mol. The highest BCUT2D eigenvalue weighted by Crippen LogP contribution is 2.28. The van der Waals surface area contributed by atoms with Gasteiger partial charge in [-0.2, -0.15) is 4.98 Å². The van der Waals surface area contributed by atoms with Gasteiger partial charge in [-0.05, 0) is 71.9 Å². The van der Waals surface area contributed by atoms with Crippen molar-refractivity contribution in [2.45, 2.75) is 46.0 Å². The fourth-order valence-electron chi connectivity index (χ4n) is 5.45. The van der Waals surface area contributed by atoms with E-state index in [0.717, 1.165) is 54.3 Å². The Morgan fingerprint density at radius 3 is 2.32 bits per heavy atom. The Hall–Kier alpha value is -4.11. The van der Waals surface area contributed by atoms with Crippen LogP contribution in [-0.4, -0.2) is 106 Å². The fraction of sp³-hybridized carbons (Fsp3) is 0.513. The summed E-state index contributed by atoms with van der Waals surface area (Å²) in [7, 11) is 1.88. The van der Waals surface area contributed by atoms with Crippen molar-refractivity contribution < 1.29 is 33.3 Å². The van der Waals surface area contributed by atoms with Gasteiger partial charge in [0.05, 0.1) is 44.1 Å². The zero-order valence-corrected chi connectivity index (χ0v) is 32.6. The number of hydrogen-bond donors (Lipinski definition) is 3. The van der Waals surface area contributed by atoms with Crippen LogP contribution in [0.5, 0.6) is 5.75 Å². The number of Topliss-reactive ketones (excluding diaryl/α,β-unsaturated/α-hetero) is 1. The van der Waals surface area contributed by atoms with E-state index in [1.807, 2.05) is 50.1 Å². The highest BCUT2D eigenvalue weighted by atomic mass is 79.9. The lowest BCUT2D eigenvalue weighted by Crippen LogP contribution is -2.37. The third-order valence-corrected chi connectivity index (χ3v) is 9.58. The molecule has 1 unspecified atom stereocenters. The van der Waals surface area contributed by atoms with E-state index in [1.54, 1.807) is 24.4 Å². The first kappa shape index (κ1) is 41.6. The number of aromatic nitrogens is 2. The topological polar surface area (TPSA) is 153 Å². The van der Waals surface area contributed by atoms with Gasteiger partial charge in [0.15, 0.2) is 12.1 Å². The predicted octanol–water partition coefficient (Wildman–Crippen LogP) is 6.63. The van der Waals surface area contributed by atoms with Crippen LogP contribution in [0.3, 0.4) is 0 Å². The van der Waals surface area contributed by atoms with E-state index in [0.29, 0.717) is 94.5 Å². The predicted molar refractivity (Wildman–Crippen MR) is 210 cm³/mol. The SMILES string of the molecule is CCC(C)C(=O)c1cccc(NCCOCCOCCOCCOc2ccc(Nc3ncc(Br)c(NCCCN(C)C(=O)C4CCC4)n3)cc2)c1C=O. The normalized spacial score (nSPS) is 13.1. The molecule has 3 aromatic rings. The third-order valence-electron chi connectivity index (χ3n) is 9.00. The Morgan fingerprint density at radius 2 is 1.66 bits per heavy atom. The molecule has 1 amide bonds. The number of aldehydes is 1. The van der Waals surface area contributed by atoms with Crippen molar-refractivity contribution in [1.29, 1.82) is 0 Å². The Labute approximate surface area is 321 Å². The summed E-state index contributed by atoms with van der Waals surface area (Å²) < 4.78 is 23.4. The largest absolute Gasteiger partial charge is 0.491 e. The van der Waals surface area contributed by atoms with Crippen molar-refractivity contribution in [2.75, 3.05) is 88.9 Å². The standard InChI is InChI=1S/C39H53BrN6O7/c1-4-28(2)36(48)32-10-6-11-35(33(32)27-47)41-17-19-50-20-21-51-22-23-52-24-25-53-31-14-12-30(13-15-31)44-39-43-26-34(40)37(45-39)42-16-7-18-46(3)38(49)29-8-5-9-29/h6,10-15,26-29,41H,4-5,7-9,16-25H2,1-3H3,(H2,42,43,44,45). The Morgan fingerprint density at radius 1 is 0.962 bits per heavy atom. The lowest BCUT2D eigenvalue weighted by Gasteiger charge is -2.29. The monoisotopic (exact) mass is 796 g/mol. The van der Waals surface area contributed by atoms with Crippen molar-refractivity contribution in [3.63, 3.8) is 0 Å². The first-order valence-corrected chi connectivity index (χ1v) is 19.2. The van der Waals surface area contributed by atoms with Crippen LogP contribution < -0.4 is 20.7 Å². The highest BCUT2D eigenvalue weighted by molar-refractivity contribution is 9.10. The molecule has 13 nitrogen and oxygen atoms in total. The Balaban J connectivity index is 1.01. The summed E-state index contributed by atoms with van der Waals surface area (Å²) in [6.07, 6.45) is 7.16. The molecule has 3 N–H and O–H groups in total. The zero-order valence-electron chi connectivity index (χ0n) is 31.0.